The SMILES string of the molecule is CN([C@H]1CNC[C@@H]1O)S(=O)(=O)c1cc(Cl)cc(Cl)c1. The summed E-state index contributed by atoms with van der Waals surface area (Å²) >= 11 is 11.6. The van der Waals surface area contributed by atoms with Crippen LogP contribution in [0.15, 0.2) is 23.1 Å². The zero-order valence-electron chi connectivity index (χ0n) is 10.2. The van der Waals surface area contributed by atoms with Gasteiger partial charge in [0.15, 0.2) is 0 Å². The molecule has 1 saturated heterocycles. The van der Waals surface area contributed by atoms with Gasteiger partial charge >= 0.3 is 0 Å². The second-order valence-electron chi connectivity index (χ2n) is 4.42. The number of aliphatic hydroxyl groups is 1. The summed E-state index contributed by atoms with van der Waals surface area (Å²) in [6, 6.07) is 3.65. The number of hydrogen-bond acceptors (Lipinski definition) is 4. The Bertz CT molecular complexity index is 559. The Kier molecular flexibility index (Phi) is 4.39. The molecular weight excluding hydrogens is 311 g/mol. The molecule has 0 radical (unpaired) electrons. The molecule has 5 nitrogen and oxygen atoms in total. The molecule has 0 bridgehead atoms. The Balaban J connectivity index is 2.36. The van der Waals surface area contributed by atoms with E-state index in [1.165, 1.54) is 25.2 Å². The highest BCUT2D eigenvalue weighted by Crippen LogP contribution is 2.26. The minimum Gasteiger partial charge on any atom is -0.390 e. The van der Waals surface area contributed by atoms with Gasteiger partial charge in [-0.1, -0.05) is 23.2 Å². The predicted molar refractivity (Wildman–Crippen MR) is 74.1 cm³/mol. The molecule has 0 amide bonds. The van der Waals surface area contributed by atoms with Crippen molar-refractivity contribution in [2.24, 2.45) is 0 Å². The van der Waals surface area contributed by atoms with Crippen LogP contribution >= 0.6 is 23.2 Å². The van der Waals surface area contributed by atoms with Gasteiger partial charge in [-0.15, -0.1) is 0 Å². The molecule has 8 heteroatoms. The first-order chi connectivity index (χ1) is 8.82. The van der Waals surface area contributed by atoms with Crippen molar-refractivity contribution < 1.29 is 13.5 Å². The molecule has 2 rings (SSSR count). The molecule has 106 valence electrons. The van der Waals surface area contributed by atoms with Gasteiger partial charge in [0.2, 0.25) is 10.0 Å². The lowest BCUT2D eigenvalue weighted by Gasteiger charge is -2.25. The molecule has 1 heterocycles. The van der Waals surface area contributed by atoms with Gasteiger partial charge in [-0.3, -0.25) is 0 Å². The number of sulfonamides is 1. The van der Waals surface area contributed by atoms with Gasteiger partial charge in [0.05, 0.1) is 17.0 Å². The van der Waals surface area contributed by atoms with Crippen molar-refractivity contribution in [2.45, 2.75) is 17.0 Å². The molecule has 0 aromatic heterocycles. The Morgan fingerprint density at radius 2 is 1.84 bits per heavy atom. The second kappa shape index (κ2) is 5.55. The zero-order valence-corrected chi connectivity index (χ0v) is 12.5. The largest absolute Gasteiger partial charge is 0.390 e. The lowest BCUT2D eigenvalue weighted by atomic mass is 10.2. The van der Waals surface area contributed by atoms with Crippen LogP contribution in [0.25, 0.3) is 0 Å². The summed E-state index contributed by atoms with van der Waals surface area (Å²) in [5.41, 5.74) is 0. The van der Waals surface area contributed by atoms with Gasteiger partial charge in [0, 0.05) is 30.2 Å². The summed E-state index contributed by atoms with van der Waals surface area (Å²) in [7, 11) is -2.30. The van der Waals surface area contributed by atoms with E-state index in [1.54, 1.807) is 0 Å². The number of rotatable bonds is 3. The van der Waals surface area contributed by atoms with Crippen molar-refractivity contribution in [3.8, 4) is 0 Å². The van der Waals surface area contributed by atoms with Crippen LogP contribution in [0.3, 0.4) is 0 Å². The summed E-state index contributed by atoms with van der Waals surface area (Å²) in [5, 5.41) is 13.2. The molecular formula is C11H14Cl2N2O3S. The van der Waals surface area contributed by atoms with E-state index in [0.717, 1.165) is 4.31 Å². The van der Waals surface area contributed by atoms with Crippen LogP contribution in [0.4, 0.5) is 0 Å². The minimum absolute atomic E-state index is 0.0200. The van der Waals surface area contributed by atoms with Crippen LogP contribution in [0.2, 0.25) is 10.0 Å². The van der Waals surface area contributed by atoms with Crippen molar-refractivity contribution in [1.82, 2.24) is 9.62 Å². The number of β-amino-alcohol motifs (C(OH)–C–C–N with tert-alkyl or cyclic N) is 1. The monoisotopic (exact) mass is 324 g/mol. The van der Waals surface area contributed by atoms with Gasteiger partial charge in [-0.05, 0) is 18.2 Å². The summed E-state index contributed by atoms with van der Waals surface area (Å²) in [6.07, 6.45) is -0.727. The average molecular weight is 325 g/mol. The van der Waals surface area contributed by atoms with Crippen molar-refractivity contribution >= 4 is 33.2 Å². The van der Waals surface area contributed by atoms with E-state index in [-0.39, 0.29) is 14.9 Å². The van der Waals surface area contributed by atoms with Crippen molar-refractivity contribution in [1.29, 1.82) is 0 Å². The third-order valence-electron chi connectivity index (χ3n) is 3.13. The predicted octanol–water partition coefficient (Wildman–Crippen LogP) is 0.947. The Hall–Kier alpha value is -0.370. The van der Waals surface area contributed by atoms with Gasteiger partial charge in [0.25, 0.3) is 0 Å². The standard InChI is InChI=1S/C11H14Cl2N2O3S/c1-15(10-5-14-6-11(10)16)19(17,18)9-3-7(12)2-8(13)4-9/h2-4,10-11,14,16H,5-6H2,1H3/t10-,11-/m0/s1. The number of likely N-dealkylation sites (N-methyl/N-ethyl adjacent to an activating group) is 1. The van der Waals surface area contributed by atoms with E-state index < -0.39 is 22.2 Å². The van der Waals surface area contributed by atoms with Crippen LogP contribution < -0.4 is 5.32 Å². The number of nitrogens with one attached hydrogen (secondary N) is 1. The van der Waals surface area contributed by atoms with Crippen LogP contribution in [-0.4, -0.2) is 50.1 Å². The van der Waals surface area contributed by atoms with E-state index in [2.05, 4.69) is 5.32 Å². The maximum absolute atomic E-state index is 12.4. The second-order valence-corrected chi connectivity index (χ2v) is 7.29. The fraction of sp³-hybridized carbons (Fsp3) is 0.455. The molecule has 0 saturated carbocycles. The maximum Gasteiger partial charge on any atom is 0.243 e. The first kappa shape index (κ1) is 15.0. The Labute approximate surface area is 122 Å². The molecule has 1 aliphatic heterocycles. The van der Waals surface area contributed by atoms with Crippen LogP contribution in [0.5, 0.6) is 0 Å². The topological polar surface area (TPSA) is 69.6 Å². The van der Waals surface area contributed by atoms with Gasteiger partial charge in [-0.25, -0.2) is 8.42 Å². The van der Waals surface area contributed by atoms with Gasteiger partial charge in [0.1, 0.15) is 0 Å². The van der Waals surface area contributed by atoms with E-state index in [0.29, 0.717) is 13.1 Å². The average Bonchev–Trinajstić information content (AvgIpc) is 2.73. The van der Waals surface area contributed by atoms with Crippen LogP contribution in [0.1, 0.15) is 0 Å². The normalized spacial score (nSPS) is 24.1. The molecule has 0 spiro atoms. The molecule has 0 unspecified atom stereocenters. The maximum atomic E-state index is 12.4. The lowest BCUT2D eigenvalue weighted by Crippen LogP contribution is -2.44. The molecule has 1 aromatic carbocycles. The summed E-state index contributed by atoms with van der Waals surface area (Å²) < 4.78 is 26.0. The molecule has 1 aliphatic rings. The van der Waals surface area contributed by atoms with Gasteiger partial charge in [-0.2, -0.15) is 4.31 Å². The first-order valence-electron chi connectivity index (χ1n) is 5.65. The summed E-state index contributed by atoms with van der Waals surface area (Å²) in [4.78, 5) is 0.0200. The molecule has 2 atom stereocenters. The molecule has 19 heavy (non-hydrogen) atoms. The lowest BCUT2D eigenvalue weighted by molar-refractivity contribution is 0.136. The molecule has 1 aromatic rings. The highest BCUT2D eigenvalue weighted by molar-refractivity contribution is 7.89. The minimum atomic E-state index is -3.74. The number of aliphatic hydroxyl groups excluding tert-OH is 1. The van der Waals surface area contributed by atoms with Crippen molar-refractivity contribution in [2.75, 3.05) is 20.1 Å². The third-order valence-corrected chi connectivity index (χ3v) is 5.43. The summed E-state index contributed by atoms with van der Waals surface area (Å²) in [5.74, 6) is 0. The molecule has 0 aliphatic carbocycles. The van der Waals surface area contributed by atoms with Crippen LogP contribution in [0, 0.1) is 0 Å². The van der Waals surface area contributed by atoms with Gasteiger partial charge < -0.3 is 10.4 Å². The van der Waals surface area contributed by atoms with Crippen molar-refractivity contribution in [3.63, 3.8) is 0 Å². The number of benzene rings is 1. The zero-order chi connectivity index (χ0) is 14.2. The third kappa shape index (κ3) is 3.04. The van der Waals surface area contributed by atoms with Crippen molar-refractivity contribution in [3.05, 3.63) is 28.2 Å². The van der Waals surface area contributed by atoms with E-state index >= 15 is 0 Å². The fourth-order valence-corrected chi connectivity index (χ4v) is 4.16. The number of halogens is 2. The Morgan fingerprint density at radius 3 is 2.32 bits per heavy atom. The highest BCUT2D eigenvalue weighted by atomic mass is 35.5. The smallest absolute Gasteiger partial charge is 0.243 e. The molecule has 1 fully saturated rings. The summed E-state index contributed by atoms with van der Waals surface area (Å²) in [6.45, 7) is 0.784. The fourth-order valence-electron chi connectivity index (χ4n) is 2.04. The van der Waals surface area contributed by atoms with E-state index in [9.17, 15) is 13.5 Å². The highest BCUT2D eigenvalue weighted by Gasteiger charge is 2.35. The quantitative estimate of drug-likeness (QED) is 0.868. The number of nitrogens with zero attached hydrogens (tertiary/aromatic N) is 1. The van der Waals surface area contributed by atoms with E-state index in [4.69, 9.17) is 23.2 Å². The Morgan fingerprint density at radius 1 is 1.26 bits per heavy atom. The molecule has 2 N–H and O–H groups in total. The number of hydrogen-bond donors (Lipinski definition) is 2. The van der Waals surface area contributed by atoms with Crippen LogP contribution in [-0.2, 0) is 10.0 Å². The first-order valence-corrected chi connectivity index (χ1v) is 7.85. The van der Waals surface area contributed by atoms with E-state index in [1.807, 2.05) is 0 Å².